The van der Waals surface area contributed by atoms with Gasteiger partial charge in [-0.15, -0.1) is 0 Å². The summed E-state index contributed by atoms with van der Waals surface area (Å²) >= 11 is 0. The number of carbonyl (C=O) groups is 3. The number of hydrogen-bond acceptors (Lipinski definition) is 4. The number of unbranched alkanes of at least 4 members (excludes halogenated alkanes) is 1. The zero-order chi connectivity index (χ0) is 28.8. The predicted octanol–water partition coefficient (Wildman–Crippen LogP) is 6.93. The van der Waals surface area contributed by atoms with E-state index in [1.165, 1.54) is 0 Å². The molecule has 1 heterocycles. The van der Waals surface area contributed by atoms with Crippen LogP contribution in [0.1, 0.15) is 54.2 Å². The van der Waals surface area contributed by atoms with Gasteiger partial charge in [0.25, 0.3) is 5.91 Å². The molecule has 1 aliphatic rings. The topological polar surface area (TPSA) is 87.7 Å². The monoisotopic (exact) mass is 547 g/mol. The van der Waals surface area contributed by atoms with E-state index in [1.807, 2.05) is 72.8 Å². The van der Waals surface area contributed by atoms with Crippen LogP contribution in [0.5, 0.6) is 0 Å². The Kier molecular flexibility index (Phi) is 8.44. The summed E-state index contributed by atoms with van der Waals surface area (Å²) in [6.07, 6.45) is 1.67. The van der Waals surface area contributed by atoms with Gasteiger partial charge in [0, 0.05) is 17.8 Å². The van der Waals surface area contributed by atoms with Crippen LogP contribution in [-0.4, -0.2) is 36.0 Å². The molecular formula is C34H33N3O4. The first kappa shape index (κ1) is 27.6. The zero-order valence-corrected chi connectivity index (χ0v) is 23.2. The third-order valence-corrected chi connectivity index (χ3v) is 7.09. The summed E-state index contributed by atoms with van der Waals surface area (Å²) in [7, 11) is 0. The SMILES string of the molecule is CCCCN1C(=O)N[C@@H](c2cccc(NC(=O)c3ccc4ccccc4c3)c2)C(C(=O)OCC)=C1c1ccccc1. The highest BCUT2D eigenvalue weighted by Crippen LogP contribution is 2.37. The molecule has 1 atom stereocenters. The number of amides is 3. The molecule has 0 saturated carbocycles. The second-order valence-electron chi connectivity index (χ2n) is 9.88. The third kappa shape index (κ3) is 5.99. The minimum absolute atomic E-state index is 0.196. The fraction of sp³-hybridized carbons (Fsp3) is 0.206. The Morgan fingerprint density at radius 1 is 0.878 bits per heavy atom. The van der Waals surface area contributed by atoms with Crippen LogP contribution in [0.15, 0.2) is 103 Å². The van der Waals surface area contributed by atoms with Gasteiger partial charge in [-0.2, -0.15) is 0 Å². The average Bonchev–Trinajstić information content (AvgIpc) is 3.00. The first-order valence-corrected chi connectivity index (χ1v) is 13.9. The molecule has 2 N–H and O–H groups in total. The fourth-order valence-corrected chi connectivity index (χ4v) is 5.10. The zero-order valence-electron chi connectivity index (χ0n) is 23.2. The number of rotatable bonds is 9. The van der Waals surface area contributed by atoms with Crippen molar-refractivity contribution in [1.29, 1.82) is 0 Å². The highest BCUT2D eigenvalue weighted by molar-refractivity contribution is 6.07. The van der Waals surface area contributed by atoms with E-state index in [2.05, 4.69) is 17.6 Å². The van der Waals surface area contributed by atoms with Gasteiger partial charge < -0.3 is 15.4 Å². The van der Waals surface area contributed by atoms with Gasteiger partial charge in [-0.05, 0) is 59.5 Å². The number of anilines is 1. The first-order valence-electron chi connectivity index (χ1n) is 13.9. The van der Waals surface area contributed by atoms with Gasteiger partial charge in [0.05, 0.1) is 23.9 Å². The molecule has 0 unspecified atom stereocenters. The molecule has 4 aromatic rings. The van der Waals surface area contributed by atoms with Gasteiger partial charge in [0.15, 0.2) is 0 Å². The fourth-order valence-electron chi connectivity index (χ4n) is 5.10. The lowest BCUT2D eigenvalue weighted by atomic mass is 9.91. The van der Waals surface area contributed by atoms with Gasteiger partial charge >= 0.3 is 12.0 Å². The van der Waals surface area contributed by atoms with Crippen molar-refractivity contribution in [2.24, 2.45) is 0 Å². The largest absolute Gasteiger partial charge is 0.463 e. The third-order valence-electron chi connectivity index (χ3n) is 7.09. The molecule has 41 heavy (non-hydrogen) atoms. The van der Waals surface area contributed by atoms with Gasteiger partial charge in [-0.1, -0.05) is 86.1 Å². The van der Waals surface area contributed by atoms with E-state index in [-0.39, 0.29) is 18.5 Å². The van der Waals surface area contributed by atoms with Crippen molar-refractivity contribution >= 4 is 40.1 Å². The molecule has 7 heteroatoms. The molecule has 3 amide bonds. The lowest BCUT2D eigenvalue weighted by Crippen LogP contribution is -2.48. The summed E-state index contributed by atoms with van der Waals surface area (Å²) in [6, 6.07) is 29.0. The Bertz CT molecular complexity index is 1610. The predicted molar refractivity (Wildman–Crippen MR) is 161 cm³/mol. The number of nitrogens with one attached hydrogen (secondary N) is 2. The summed E-state index contributed by atoms with van der Waals surface area (Å²) in [4.78, 5) is 41.8. The number of fused-ring (bicyclic) bond motifs is 1. The van der Waals surface area contributed by atoms with Crippen LogP contribution in [0.2, 0.25) is 0 Å². The quantitative estimate of drug-likeness (QED) is 0.222. The molecule has 0 saturated heterocycles. The summed E-state index contributed by atoms with van der Waals surface area (Å²) in [5.74, 6) is -0.749. The van der Waals surface area contributed by atoms with Crippen LogP contribution < -0.4 is 10.6 Å². The van der Waals surface area contributed by atoms with Crippen molar-refractivity contribution < 1.29 is 19.1 Å². The number of hydrogen-bond donors (Lipinski definition) is 2. The van der Waals surface area contributed by atoms with Crippen molar-refractivity contribution in [2.45, 2.75) is 32.7 Å². The molecule has 0 bridgehead atoms. The molecule has 1 aliphatic heterocycles. The highest BCUT2D eigenvalue weighted by Gasteiger charge is 2.38. The van der Waals surface area contributed by atoms with E-state index in [1.54, 1.807) is 36.1 Å². The van der Waals surface area contributed by atoms with Crippen LogP contribution >= 0.6 is 0 Å². The number of ether oxygens (including phenoxy) is 1. The van der Waals surface area contributed by atoms with Crippen LogP contribution in [-0.2, 0) is 9.53 Å². The molecule has 4 aromatic carbocycles. The lowest BCUT2D eigenvalue weighted by Gasteiger charge is -2.37. The number of esters is 1. The number of urea groups is 1. The van der Waals surface area contributed by atoms with Crippen molar-refractivity contribution in [1.82, 2.24) is 10.2 Å². The van der Waals surface area contributed by atoms with Crippen molar-refractivity contribution in [3.05, 3.63) is 119 Å². The van der Waals surface area contributed by atoms with Crippen LogP contribution in [0.4, 0.5) is 10.5 Å². The van der Waals surface area contributed by atoms with Crippen LogP contribution in [0.3, 0.4) is 0 Å². The van der Waals surface area contributed by atoms with Crippen molar-refractivity contribution in [3.8, 4) is 0 Å². The minimum atomic E-state index is -0.771. The second-order valence-corrected chi connectivity index (χ2v) is 9.88. The Hall–Kier alpha value is -4.91. The van der Waals surface area contributed by atoms with E-state index < -0.39 is 12.0 Å². The van der Waals surface area contributed by atoms with E-state index in [0.29, 0.717) is 34.6 Å². The molecule has 0 aromatic heterocycles. The van der Waals surface area contributed by atoms with E-state index in [0.717, 1.165) is 29.2 Å². The Balaban J connectivity index is 1.54. The maximum absolute atomic E-state index is 13.5. The van der Waals surface area contributed by atoms with Gasteiger partial charge in [0.1, 0.15) is 0 Å². The minimum Gasteiger partial charge on any atom is -0.463 e. The molecule has 7 nitrogen and oxygen atoms in total. The number of nitrogens with zero attached hydrogens (tertiary/aromatic N) is 1. The molecule has 0 aliphatic carbocycles. The first-order chi connectivity index (χ1) is 20.0. The van der Waals surface area contributed by atoms with Crippen molar-refractivity contribution in [2.75, 3.05) is 18.5 Å². The van der Waals surface area contributed by atoms with Crippen LogP contribution in [0.25, 0.3) is 16.5 Å². The van der Waals surface area contributed by atoms with Crippen LogP contribution in [0, 0.1) is 0 Å². The summed E-state index contributed by atoms with van der Waals surface area (Å²) in [5, 5.41) is 8.03. The maximum atomic E-state index is 13.5. The maximum Gasteiger partial charge on any atom is 0.338 e. The standard InChI is InChI=1S/C34H33N3O4/c1-3-5-20-37-31(24-13-7-6-8-14-24)29(33(39)41-4-2)30(36-34(37)40)26-16-11-17-28(22-26)35-32(38)27-19-18-23-12-9-10-15-25(23)21-27/h6-19,21-22,30H,3-5,20H2,1-2H3,(H,35,38)(H,36,40)/t30-/m0/s1. The number of carbonyl (C=O) groups excluding carboxylic acids is 3. The molecule has 5 rings (SSSR count). The van der Waals surface area contributed by atoms with E-state index in [4.69, 9.17) is 4.74 Å². The lowest BCUT2D eigenvalue weighted by molar-refractivity contribution is -0.138. The molecular weight excluding hydrogens is 514 g/mol. The number of benzene rings is 4. The summed E-state index contributed by atoms with van der Waals surface area (Å²) < 4.78 is 5.52. The highest BCUT2D eigenvalue weighted by atomic mass is 16.5. The Morgan fingerprint density at radius 2 is 1.63 bits per heavy atom. The molecule has 0 fully saturated rings. The van der Waals surface area contributed by atoms with Gasteiger partial charge in [-0.25, -0.2) is 9.59 Å². The Labute approximate surface area is 239 Å². The van der Waals surface area contributed by atoms with Crippen molar-refractivity contribution in [3.63, 3.8) is 0 Å². The average molecular weight is 548 g/mol. The van der Waals surface area contributed by atoms with E-state index in [9.17, 15) is 14.4 Å². The smallest absolute Gasteiger partial charge is 0.338 e. The molecule has 0 spiro atoms. The normalized spacial score (nSPS) is 15.0. The summed E-state index contributed by atoms with van der Waals surface area (Å²) in [6.45, 7) is 4.47. The summed E-state index contributed by atoms with van der Waals surface area (Å²) in [5.41, 5.74) is 3.38. The van der Waals surface area contributed by atoms with Gasteiger partial charge in [-0.3, -0.25) is 9.69 Å². The van der Waals surface area contributed by atoms with Gasteiger partial charge in [0.2, 0.25) is 0 Å². The molecule has 208 valence electrons. The molecule has 0 radical (unpaired) electrons. The van der Waals surface area contributed by atoms with E-state index >= 15 is 0 Å². The Morgan fingerprint density at radius 3 is 2.39 bits per heavy atom. The second kappa shape index (κ2) is 12.5.